The molecule has 90 valence electrons. The van der Waals surface area contributed by atoms with E-state index in [4.69, 9.17) is 0 Å². The molecule has 17 heavy (non-hydrogen) atoms. The molecule has 0 bridgehead atoms. The van der Waals surface area contributed by atoms with Crippen molar-refractivity contribution in [3.05, 3.63) is 65.5 Å². The van der Waals surface area contributed by atoms with Crippen molar-refractivity contribution in [2.45, 2.75) is 33.6 Å². The Morgan fingerprint density at radius 1 is 0.882 bits per heavy atom. The summed E-state index contributed by atoms with van der Waals surface area (Å²) in [5, 5.41) is 0. The Balaban J connectivity index is 0.000000686. The molecule has 0 amide bonds. The van der Waals surface area contributed by atoms with E-state index in [9.17, 15) is 0 Å². The first-order chi connectivity index (χ1) is 8.34. The van der Waals surface area contributed by atoms with Crippen LogP contribution in [0, 0.1) is 6.92 Å². The molecule has 0 N–H and O–H groups in total. The first-order valence-corrected chi connectivity index (χ1v) is 6.30. The quantitative estimate of drug-likeness (QED) is 0.765. The normalized spacial score (nSPS) is 9.35. The molecule has 0 atom stereocenters. The minimum Gasteiger partial charge on any atom is -0.261 e. The monoisotopic (exact) mass is 227 g/mol. The Bertz CT molecular complexity index is 403. The van der Waals surface area contributed by atoms with E-state index in [1.807, 2.05) is 32.2 Å². The summed E-state index contributed by atoms with van der Waals surface area (Å²) in [4.78, 5) is 4.31. The molecule has 1 aromatic heterocycles. The Labute approximate surface area is 105 Å². The minimum atomic E-state index is 1.02. The number of rotatable bonds is 3. The maximum Gasteiger partial charge on any atom is 0.0406 e. The van der Waals surface area contributed by atoms with Gasteiger partial charge in [-0.25, -0.2) is 0 Å². The molecule has 1 aromatic carbocycles. The molecule has 0 fully saturated rings. The van der Waals surface area contributed by atoms with Crippen molar-refractivity contribution in [1.29, 1.82) is 0 Å². The number of benzene rings is 1. The molecule has 0 aliphatic rings. The molecule has 2 aromatic rings. The summed E-state index contributed by atoms with van der Waals surface area (Å²) in [6.45, 7) is 6.11. The summed E-state index contributed by atoms with van der Waals surface area (Å²) in [5.74, 6) is 0. The smallest absolute Gasteiger partial charge is 0.0406 e. The summed E-state index contributed by atoms with van der Waals surface area (Å²) >= 11 is 0. The van der Waals surface area contributed by atoms with E-state index in [1.165, 1.54) is 11.1 Å². The number of hydrogen-bond acceptors (Lipinski definition) is 1. The number of nitrogens with zero attached hydrogens (tertiary/aromatic N) is 1. The Hall–Kier alpha value is -1.63. The van der Waals surface area contributed by atoms with Gasteiger partial charge < -0.3 is 0 Å². The number of aromatic nitrogens is 1. The standard InChI is InChI=1S/C14H15N.C2H6/c1-12-5-7-13(8-6-12)9-10-14-4-2-3-11-15-14;1-2/h2-8,11H,9-10H2,1H3;1-2H3. The van der Waals surface area contributed by atoms with Crippen molar-refractivity contribution in [3.8, 4) is 0 Å². The van der Waals surface area contributed by atoms with Crippen LogP contribution >= 0.6 is 0 Å². The molecular formula is C16H21N. The molecule has 2 rings (SSSR count). The van der Waals surface area contributed by atoms with Crippen molar-refractivity contribution in [3.63, 3.8) is 0 Å². The van der Waals surface area contributed by atoms with E-state index >= 15 is 0 Å². The van der Waals surface area contributed by atoms with Crippen LogP contribution in [0.25, 0.3) is 0 Å². The summed E-state index contributed by atoms with van der Waals surface area (Å²) in [7, 11) is 0. The predicted molar refractivity (Wildman–Crippen MR) is 74.2 cm³/mol. The van der Waals surface area contributed by atoms with Crippen molar-refractivity contribution < 1.29 is 0 Å². The lowest BCUT2D eigenvalue weighted by molar-refractivity contribution is 0.913. The summed E-state index contributed by atoms with van der Waals surface area (Å²) in [6, 6.07) is 14.8. The molecule has 0 aliphatic heterocycles. The zero-order valence-electron chi connectivity index (χ0n) is 11.0. The van der Waals surface area contributed by atoms with Crippen LogP contribution in [0.4, 0.5) is 0 Å². The second kappa shape index (κ2) is 7.61. The lowest BCUT2D eigenvalue weighted by atomic mass is 10.1. The third kappa shape index (κ3) is 4.81. The second-order valence-electron chi connectivity index (χ2n) is 3.81. The lowest BCUT2D eigenvalue weighted by Gasteiger charge is -2.01. The minimum absolute atomic E-state index is 1.02. The van der Waals surface area contributed by atoms with Gasteiger partial charge in [-0.05, 0) is 37.5 Å². The maximum absolute atomic E-state index is 4.31. The van der Waals surface area contributed by atoms with Crippen LogP contribution in [-0.2, 0) is 12.8 Å². The van der Waals surface area contributed by atoms with Gasteiger partial charge in [0.2, 0.25) is 0 Å². The molecule has 0 radical (unpaired) electrons. The third-order valence-corrected chi connectivity index (χ3v) is 2.52. The van der Waals surface area contributed by atoms with Crippen LogP contribution in [0.5, 0.6) is 0 Å². The SMILES string of the molecule is CC.Cc1ccc(CCc2ccccn2)cc1. The van der Waals surface area contributed by atoms with Crippen molar-refractivity contribution in [2.75, 3.05) is 0 Å². The van der Waals surface area contributed by atoms with Crippen molar-refractivity contribution in [1.82, 2.24) is 4.98 Å². The Morgan fingerprint density at radius 2 is 1.59 bits per heavy atom. The highest BCUT2D eigenvalue weighted by atomic mass is 14.7. The largest absolute Gasteiger partial charge is 0.261 e. The van der Waals surface area contributed by atoms with E-state index in [2.05, 4.69) is 42.2 Å². The zero-order chi connectivity index (χ0) is 12.5. The molecular weight excluding hydrogens is 206 g/mol. The highest BCUT2D eigenvalue weighted by Gasteiger charge is 1.95. The van der Waals surface area contributed by atoms with Crippen LogP contribution in [0.2, 0.25) is 0 Å². The summed E-state index contributed by atoms with van der Waals surface area (Å²) in [5.41, 5.74) is 3.86. The van der Waals surface area contributed by atoms with E-state index in [1.54, 1.807) is 0 Å². The molecule has 1 nitrogen and oxygen atoms in total. The van der Waals surface area contributed by atoms with Crippen molar-refractivity contribution >= 4 is 0 Å². The highest BCUT2D eigenvalue weighted by molar-refractivity contribution is 5.22. The van der Waals surface area contributed by atoms with Gasteiger partial charge in [0, 0.05) is 11.9 Å². The van der Waals surface area contributed by atoms with E-state index in [0.29, 0.717) is 0 Å². The highest BCUT2D eigenvalue weighted by Crippen LogP contribution is 2.06. The maximum atomic E-state index is 4.31. The van der Waals surface area contributed by atoms with Gasteiger partial charge >= 0.3 is 0 Å². The lowest BCUT2D eigenvalue weighted by Crippen LogP contribution is -1.93. The molecule has 0 saturated carbocycles. The van der Waals surface area contributed by atoms with Gasteiger partial charge in [-0.2, -0.15) is 0 Å². The Kier molecular flexibility index (Phi) is 6.02. The topological polar surface area (TPSA) is 12.9 Å². The van der Waals surface area contributed by atoms with Crippen LogP contribution in [0.15, 0.2) is 48.7 Å². The van der Waals surface area contributed by atoms with Crippen LogP contribution in [-0.4, -0.2) is 4.98 Å². The third-order valence-electron chi connectivity index (χ3n) is 2.52. The predicted octanol–water partition coefficient (Wildman–Crippen LogP) is 4.20. The average molecular weight is 227 g/mol. The van der Waals surface area contributed by atoms with Crippen molar-refractivity contribution in [2.24, 2.45) is 0 Å². The van der Waals surface area contributed by atoms with Gasteiger partial charge in [-0.15, -0.1) is 0 Å². The number of pyridine rings is 1. The molecule has 1 heterocycles. The van der Waals surface area contributed by atoms with E-state index < -0.39 is 0 Å². The first-order valence-electron chi connectivity index (χ1n) is 6.30. The summed E-state index contributed by atoms with van der Waals surface area (Å²) < 4.78 is 0. The van der Waals surface area contributed by atoms with Crippen LogP contribution in [0.3, 0.4) is 0 Å². The molecule has 0 spiro atoms. The first kappa shape index (κ1) is 13.4. The van der Waals surface area contributed by atoms with Gasteiger partial charge in [0.25, 0.3) is 0 Å². The molecule has 0 unspecified atom stereocenters. The van der Waals surface area contributed by atoms with E-state index in [0.717, 1.165) is 18.5 Å². The zero-order valence-corrected chi connectivity index (χ0v) is 11.0. The fraction of sp³-hybridized carbons (Fsp3) is 0.312. The van der Waals surface area contributed by atoms with Gasteiger partial charge in [-0.3, -0.25) is 4.98 Å². The van der Waals surface area contributed by atoms with Crippen LogP contribution in [0.1, 0.15) is 30.7 Å². The average Bonchev–Trinajstić information content (AvgIpc) is 2.42. The fourth-order valence-electron chi connectivity index (χ4n) is 1.57. The van der Waals surface area contributed by atoms with E-state index in [-0.39, 0.29) is 0 Å². The molecule has 0 saturated heterocycles. The molecule has 1 heteroatoms. The van der Waals surface area contributed by atoms with Gasteiger partial charge in [0.1, 0.15) is 0 Å². The Morgan fingerprint density at radius 3 is 2.18 bits per heavy atom. The number of aryl methyl sites for hydroxylation is 3. The fourth-order valence-corrected chi connectivity index (χ4v) is 1.57. The number of hydrogen-bond donors (Lipinski definition) is 0. The second-order valence-corrected chi connectivity index (χ2v) is 3.81. The van der Waals surface area contributed by atoms with Gasteiger partial charge in [0.15, 0.2) is 0 Å². The van der Waals surface area contributed by atoms with Gasteiger partial charge in [-0.1, -0.05) is 49.7 Å². The summed E-state index contributed by atoms with van der Waals surface area (Å²) in [6.07, 6.45) is 3.94. The van der Waals surface area contributed by atoms with Gasteiger partial charge in [0.05, 0.1) is 0 Å². The van der Waals surface area contributed by atoms with Crippen LogP contribution < -0.4 is 0 Å². The molecule has 0 aliphatic carbocycles.